The molecule has 6 heteroatoms. The van der Waals surface area contributed by atoms with Crippen molar-refractivity contribution in [3.8, 4) is 11.8 Å². The maximum Gasteiger partial charge on any atom is 0.266 e. The highest BCUT2D eigenvalue weighted by molar-refractivity contribution is 8.13. The Balaban J connectivity index is 3.74. The van der Waals surface area contributed by atoms with Crippen molar-refractivity contribution in [2.45, 2.75) is 11.8 Å². The number of hydrogen-bond donors (Lipinski definition) is 1. The average molecular weight is 232 g/mol. The molecule has 74 valence electrons. The molecule has 0 aliphatic rings. The SMILES string of the molecule is Cc1ccc(O)c(S(=O)(=O)Cl)c1C#N. The Morgan fingerprint density at radius 2 is 2.07 bits per heavy atom. The quantitative estimate of drug-likeness (QED) is 0.743. The molecule has 0 aromatic heterocycles. The van der Waals surface area contributed by atoms with E-state index >= 15 is 0 Å². The second kappa shape index (κ2) is 3.48. The lowest BCUT2D eigenvalue weighted by atomic mass is 10.1. The van der Waals surface area contributed by atoms with E-state index in [1.807, 2.05) is 0 Å². The summed E-state index contributed by atoms with van der Waals surface area (Å²) in [6, 6.07) is 4.32. The Morgan fingerprint density at radius 1 is 1.50 bits per heavy atom. The van der Waals surface area contributed by atoms with Crippen molar-refractivity contribution in [2.75, 3.05) is 0 Å². The number of phenols is 1. The lowest BCUT2D eigenvalue weighted by molar-refractivity contribution is 0.459. The van der Waals surface area contributed by atoms with Crippen LogP contribution < -0.4 is 0 Å². The van der Waals surface area contributed by atoms with E-state index < -0.39 is 19.7 Å². The Morgan fingerprint density at radius 3 is 2.43 bits per heavy atom. The maximum atomic E-state index is 11.0. The number of halogens is 1. The van der Waals surface area contributed by atoms with Gasteiger partial charge in [0.05, 0.1) is 5.56 Å². The second-order valence-corrected chi connectivity index (χ2v) is 5.16. The molecule has 1 aromatic carbocycles. The van der Waals surface area contributed by atoms with Gasteiger partial charge in [0.15, 0.2) is 0 Å². The van der Waals surface area contributed by atoms with Gasteiger partial charge in [-0.2, -0.15) is 5.26 Å². The normalized spacial score (nSPS) is 10.9. The molecule has 0 saturated heterocycles. The number of aryl methyl sites for hydroxylation is 1. The van der Waals surface area contributed by atoms with Crippen molar-refractivity contribution < 1.29 is 13.5 Å². The molecule has 1 rings (SSSR count). The van der Waals surface area contributed by atoms with Crippen LogP contribution in [0.15, 0.2) is 17.0 Å². The smallest absolute Gasteiger partial charge is 0.266 e. The summed E-state index contributed by atoms with van der Waals surface area (Å²) in [5, 5.41) is 18.0. The Kier molecular flexibility index (Phi) is 2.69. The molecule has 0 radical (unpaired) electrons. The highest BCUT2D eigenvalue weighted by atomic mass is 35.7. The summed E-state index contributed by atoms with van der Waals surface area (Å²) >= 11 is 0. The van der Waals surface area contributed by atoms with E-state index in [4.69, 9.17) is 15.9 Å². The Labute approximate surface area is 85.8 Å². The van der Waals surface area contributed by atoms with Crippen molar-refractivity contribution in [3.63, 3.8) is 0 Å². The third kappa shape index (κ3) is 1.81. The minimum atomic E-state index is -4.10. The zero-order valence-electron chi connectivity index (χ0n) is 7.15. The molecular formula is C8H6ClNO3S. The van der Waals surface area contributed by atoms with E-state index in [-0.39, 0.29) is 5.56 Å². The van der Waals surface area contributed by atoms with Gasteiger partial charge >= 0.3 is 0 Å². The molecule has 0 heterocycles. The van der Waals surface area contributed by atoms with Gasteiger partial charge in [-0.15, -0.1) is 0 Å². The predicted octanol–water partition coefficient (Wildman–Crippen LogP) is 1.50. The molecule has 0 spiro atoms. The maximum absolute atomic E-state index is 11.0. The molecule has 0 atom stereocenters. The summed E-state index contributed by atoms with van der Waals surface area (Å²) in [4.78, 5) is -0.526. The van der Waals surface area contributed by atoms with Crippen molar-refractivity contribution >= 4 is 19.7 Å². The fraction of sp³-hybridized carbons (Fsp3) is 0.125. The minimum absolute atomic E-state index is 0.125. The summed E-state index contributed by atoms with van der Waals surface area (Å²) in [5.41, 5.74) is 0.324. The highest BCUT2D eigenvalue weighted by Gasteiger charge is 2.21. The zero-order valence-corrected chi connectivity index (χ0v) is 8.72. The van der Waals surface area contributed by atoms with E-state index in [9.17, 15) is 13.5 Å². The van der Waals surface area contributed by atoms with Crippen molar-refractivity contribution in [3.05, 3.63) is 23.3 Å². The van der Waals surface area contributed by atoms with Gasteiger partial charge in [0.1, 0.15) is 16.7 Å². The van der Waals surface area contributed by atoms with E-state index in [2.05, 4.69) is 0 Å². The predicted molar refractivity (Wildman–Crippen MR) is 50.6 cm³/mol. The largest absolute Gasteiger partial charge is 0.506 e. The van der Waals surface area contributed by atoms with Gasteiger partial charge in [0.25, 0.3) is 9.05 Å². The molecule has 0 aliphatic carbocycles. The van der Waals surface area contributed by atoms with Crippen LogP contribution in [0.25, 0.3) is 0 Å². The van der Waals surface area contributed by atoms with Gasteiger partial charge in [0, 0.05) is 10.7 Å². The number of phenolic OH excluding ortho intramolecular Hbond substituents is 1. The van der Waals surface area contributed by atoms with E-state index in [0.29, 0.717) is 5.56 Å². The Bertz CT molecular complexity index is 516. The molecule has 14 heavy (non-hydrogen) atoms. The third-order valence-electron chi connectivity index (χ3n) is 1.70. The summed E-state index contributed by atoms with van der Waals surface area (Å²) in [5.74, 6) is -0.512. The highest BCUT2D eigenvalue weighted by Crippen LogP contribution is 2.30. The molecule has 0 fully saturated rings. The minimum Gasteiger partial charge on any atom is -0.506 e. The van der Waals surface area contributed by atoms with Crippen LogP contribution in [0.4, 0.5) is 0 Å². The average Bonchev–Trinajstić information content (AvgIpc) is 2.06. The number of benzene rings is 1. The first kappa shape index (κ1) is 10.8. The van der Waals surface area contributed by atoms with Gasteiger partial charge in [0.2, 0.25) is 0 Å². The van der Waals surface area contributed by atoms with Crippen LogP contribution in [-0.2, 0) is 9.05 Å². The Hall–Kier alpha value is -1.25. The van der Waals surface area contributed by atoms with Crippen LogP contribution in [0.5, 0.6) is 5.75 Å². The number of nitriles is 1. The van der Waals surface area contributed by atoms with Gasteiger partial charge < -0.3 is 5.11 Å². The van der Waals surface area contributed by atoms with Crippen molar-refractivity contribution in [1.82, 2.24) is 0 Å². The first-order valence-electron chi connectivity index (χ1n) is 3.55. The third-order valence-corrected chi connectivity index (χ3v) is 3.06. The second-order valence-electron chi connectivity index (χ2n) is 2.66. The van der Waals surface area contributed by atoms with E-state index in [1.54, 1.807) is 13.0 Å². The van der Waals surface area contributed by atoms with Gasteiger partial charge in [-0.05, 0) is 18.6 Å². The molecule has 0 unspecified atom stereocenters. The molecule has 0 amide bonds. The first-order chi connectivity index (χ1) is 6.38. The number of aromatic hydroxyl groups is 1. The molecular weight excluding hydrogens is 226 g/mol. The summed E-state index contributed by atoms with van der Waals surface area (Å²) in [6.45, 7) is 1.56. The number of rotatable bonds is 1. The van der Waals surface area contributed by atoms with Crippen LogP contribution in [0.2, 0.25) is 0 Å². The fourth-order valence-electron chi connectivity index (χ4n) is 1.06. The first-order valence-corrected chi connectivity index (χ1v) is 5.86. The lowest BCUT2D eigenvalue weighted by Gasteiger charge is -2.04. The van der Waals surface area contributed by atoms with Crippen LogP contribution >= 0.6 is 10.7 Å². The number of hydrogen-bond acceptors (Lipinski definition) is 4. The van der Waals surface area contributed by atoms with Gasteiger partial charge in [-0.3, -0.25) is 0 Å². The molecule has 4 nitrogen and oxygen atoms in total. The monoisotopic (exact) mass is 231 g/mol. The summed E-state index contributed by atoms with van der Waals surface area (Å²) < 4.78 is 22.1. The fourth-order valence-corrected chi connectivity index (χ4v) is 2.29. The molecule has 0 saturated carbocycles. The number of nitrogens with zero attached hydrogens (tertiary/aromatic N) is 1. The standard InChI is InChI=1S/C8H6ClNO3S/c1-5-2-3-7(11)8(6(5)4-10)14(9,12)13/h2-3,11H,1H3. The summed E-state index contributed by atoms with van der Waals surface area (Å²) in [6.07, 6.45) is 0. The molecule has 0 aliphatic heterocycles. The summed E-state index contributed by atoms with van der Waals surface area (Å²) in [7, 11) is 0.982. The van der Waals surface area contributed by atoms with Gasteiger partial charge in [-0.1, -0.05) is 6.07 Å². The van der Waals surface area contributed by atoms with Gasteiger partial charge in [-0.25, -0.2) is 8.42 Å². The molecule has 1 N–H and O–H groups in total. The van der Waals surface area contributed by atoms with Crippen LogP contribution in [0, 0.1) is 18.3 Å². The van der Waals surface area contributed by atoms with E-state index in [0.717, 1.165) is 0 Å². The van der Waals surface area contributed by atoms with E-state index in [1.165, 1.54) is 12.1 Å². The van der Waals surface area contributed by atoms with Crippen LogP contribution in [-0.4, -0.2) is 13.5 Å². The lowest BCUT2D eigenvalue weighted by Crippen LogP contribution is -1.98. The molecule has 1 aromatic rings. The van der Waals surface area contributed by atoms with Crippen LogP contribution in [0.1, 0.15) is 11.1 Å². The van der Waals surface area contributed by atoms with Crippen LogP contribution in [0.3, 0.4) is 0 Å². The molecule has 0 bridgehead atoms. The topological polar surface area (TPSA) is 78.2 Å². The van der Waals surface area contributed by atoms with Crippen molar-refractivity contribution in [1.29, 1.82) is 5.26 Å². The zero-order chi connectivity index (χ0) is 10.9. The van der Waals surface area contributed by atoms with Crippen molar-refractivity contribution in [2.24, 2.45) is 0 Å².